The fraction of sp³-hybridized carbons (Fsp3) is 0.548. The lowest BCUT2D eigenvalue weighted by Crippen LogP contribution is -2.36. The van der Waals surface area contributed by atoms with E-state index in [0.717, 1.165) is 42.8 Å². The Hall–Kier alpha value is -3.31. The number of pyridine rings is 1. The molecule has 7 rings (SSSR count). The first-order chi connectivity index (χ1) is 20.2. The Morgan fingerprint density at radius 2 is 1.88 bits per heavy atom. The van der Waals surface area contributed by atoms with Crippen LogP contribution >= 0.6 is 0 Å². The zero-order valence-corrected chi connectivity index (χ0v) is 23.8. The maximum atomic E-state index is 14.4. The van der Waals surface area contributed by atoms with Crippen LogP contribution in [0, 0.1) is 11.8 Å². The van der Waals surface area contributed by atoms with Crippen LogP contribution in [0.15, 0.2) is 30.6 Å². The first-order valence-electron chi connectivity index (χ1n) is 14.9. The smallest absolute Gasteiger partial charge is 0.381 e. The summed E-state index contributed by atoms with van der Waals surface area (Å²) in [6, 6.07) is 6.97. The molecular weight excluding hydrogens is 545 g/mol. The molecule has 2 aliphatic heterocycles. The second kappa shape index (κ2) is 10.4. The molecule has 222 valence electrons. The molecular formula is C31H35F3N6O2. The number of amides is 1. The van der Waals surface area contributed by atoms with Crippen molar-refractivity contribution in [1.82, 2.24) is 25.1 Å². The quantitative estimate of drug-likeness (QED) is 0.369. The number of ether oxygens (including phenoxy) is 1. The van der Waals surface area contributed by atoms with Gasteiger partial charge in [-0.3, -0.25) is 9.69 Å². The number of hydrogen-bond donors (Lipinski definition) is 1. The van der Waals surface area contributed by atoms with Gasteiger partial charge >= 0.3 is 6.18 Å². The first-order valence-corrected chi connectivity index (χ1v) is 14.9. The van der Waals surface area contributed by atoms with Crippen molar-refractivity contribution in [3.63, 3.8) is 0 Å². The van der Waals surface area contributed by atoms with Gasteiger partial charge in [-0.1, -0.05) is 6.42 Å². The Labute approximate surface area is 242 Å². The third kappa shape index (κ3) is 5.00. The van der Waals surface area contributed by atoms with E-state index in [9.17, 15) is 18.0 Å². The van der Waals surface area contributed by atoms with Crippen molar-refractivity contribution in [3.8, 4) is 0 Å². The van der Waals surface area contributed by atoms with Gasteiger partial charge in [0.25, 0.3) is 5.91 Å². The minimum Gasteiger partial charge on any atom is -0.381 e. The highest BCUT2D eigenvalue weighted by Crippen LogP contribution is 2.45. The Bertz CT molecular complexity index is 1510. The largest absolute Gasteiger partial charge is 0.416 e. The lowest BCUT2D eigenvalue weighted by Gasteiger charge is -2.34. The van der Waals surface area contributed by atoms with Gasteiger partial charge in [-0.05, 0) is 79.5 Å². The van der Waals surface area contributed by atoms with E-state index in [4.69, 9.17) is 9.72 Å². The van der Waals surface area contributed by atoms with Gasteiger partial charge in [0.05, 0.1) is 31.2 Å². The van der Waals surface area contributed by atoms with Gasteiger partial charge in [0.15, 0.2) is 0 Å². The lowest BCUT2D eigenvalue weighted by atomic mass is 9.80. The normalized spacial score (nSPS) is 20.8. The van der Waals surface area contributed by atoms with Crippen molar-refractivity contribution in [2.45, 2.75) is 76.2 Å². The lowest BCUT2D eigenvalue weighted by molar-refractivity contribution is -0.138. The Balaban J connectivity index is 1.24. The van der Waals surface area contributed by atoms with Crippen molar-refractivity contribution in [3.05, 3.63) is 69.9 Å². The van der Waals surface area contributed by atoms with Crippen LogP contribution in [-0.2, 0) is 31.1 Å². The fourth-order valence-corrected chi connectivity index (χ4v) is 6.51. The van der Waals surface area contributed by atoms with Gasteiger partial charge < -0.3 is 14.6 Å². The fourth-order valence-electron chi connectivity index (χ4n) is 6.51. The molecule has 1 saturated heterocycles. The summed E-state index contributed by atoms with van der Waals surface area (Å²) in [5, 5.41) is 11.9. The molecule has 1 amide bonds. The molecule has 1 aromatic carbocycles. The van der Waals surface area contributed by atoms with E-state index >= 15 is 0 Å². The molecule has 2 aromatic heterocycles. The molecule has 42 heavy (non-hydrogen) atoms. The minimum absolute atomic E-state index is 0.0145. The Morgan fingerprint density at radius 3 is 2.48 bits per heavy atom. The van der Waals surface area contributed by atoms with Gasteiger partial charge in [0.2, 0.25) is 0 Å². The number of nitrogens with zero attached hydrogens (tertiary/aromatic N) is 5. The Morgan fingerprint density at radius 1 is 1.10 bits per heavy atom. The number of benzene rings is 1. The molecule has 0 bridgehead atoms. The highest BCUT2D eigenvalue weighted by molar-refractivity contribution is 6.10. The second-order valence-corrected chi connectivity index (χ2v) is 12.5. The summed E-state index contributed by atoms with van der Waals surface area (Å²) < 4.78 is 50.5. The van der Waals surface area contributed by atoms with E-state index in [0.29, 0.717) is 30.5 Å². The number of nitrogens with one attached hydrogen (secondary N) is 1. The first kappa shape index (κ1) is 27.5. The van der Waals surface area contributed by atoms with Crippen molar-refractivity contribution < 1.29 is 22.7 Å². The van der Waals surface area contributed by atoms with Crippen LogP contribution in [0.1, 0.15) is 95.0 Å². The number of rotatable bonds is 9. The summed E-state index contributed by atoms with van der Waals surface area (Å²) in [5.74, 6) is 1.60. The van der Waals surface area contributed by atoms with E-state index in [1.54, 1.807) is 12.4 Å². The third-order valence-corrected chi connectivity index (χ3v) is 9.54. The zero-order valence-electron chi connectivity index (χ0n) is 23.8. The number of carbonyl (C=O) groups is 1. The summed E-state index contributed by atoms with van der Waals surface area (Å²) in [6.45, 7) is 3.34. The van der Waals surface area contributed by atoms with E-state index in [1.165, 1.54) is 17.4 Å². The molecule has 0 radical (unpaired) electrons. The van der Waals surface area contributed by atoms with Crippen LogP contribution in [-0.4, -0.2) is 44.9 Å². The average Bonchev–Trinajstić information content (AvgIpc) is 3.58. The zero-order chi connectivity index (χ0) is 29.2. The van der Waals surface area contributed by atoms with Gasteiger partial charge in [0.1, 0.15) is 18.0 Å². The molecule has 4 aliphatic rings. The molecule has 8 nitrogen and oxygen atoms in total. The highest BCUT2D eigenvalue weighted by atomic mass is 19.4. The van der Waals surface area contributed by atoms with Crippen molar-refractivity contribution in [2.75, 3.05) is 18.1 Å². The van der Waals surface area contributed by atoms with E-state index < -0.39 is 17.6 Å². The van der Waals surface area contributed by atoms with Gasteiger partial charge in [0, 0.05) is 42.7 Å². The molecule has 11 heteroatoms. The number of hydrogen-bond acceptors (Lipinski definition) is 6. The molecule has 2 atom stereocenters. The number of halogens is 3. The number of fused-ring (bicyclic) bond motifs is 1. The summed E-state index contributed by atoms with van der Waals surface area (Å²) in [5.41, 5.74) is 1.64. The third-order valence-electron chi connectivity index (χ3n) is 9.54. The van der Waals surface area contributed by atoms with Crippen LogP contribution in [0.4, 0.5) is 19.0 Å². The van der Waals surface area contributed by atoms with Crippen molar-refractivity contribution in [1.29, 1.82) is 0 Å². The predicted octanol–water partition coefficient (Wildman–Crippen LogP) is 5.32. The maximum absolute atomic E-state index is 14.4. The SMILES string of the molecule is C[C@H](NCc1cc2c(c(C(F)(F)F)c1)CN(c1cc([C@H](c3nncn3C)C3COC3)cc(C3CC3)n1)C2=O)C1CCC1. The molecule has 1 N–H and O–H groups in total. The predicted molar refractivity (Wildman–Crippen MR) is 149 cm³/mol. The molecule has 0 spiro atoms. The summed E-state index contributed by atoms with van der Waals surface area (Å²) in [7, 11) is 1.89. The number of carbonyl (C=O) groups excluding carboxylic acids is 1. The number of alkyl halides is 3. The van der Waals surface area contributed by atoms with Gasteiger partial charge in [-0.25, -0.2) is 4.98 Å². The number of anilines is 1. The van der Waals surface area contributed by atoms with Crippen molar-refractivity contribution >= 4 is 11.7 Å². The molecule has 0 unspecified atom stereocenters. The molecule has 2 aliphatic carbocycles. The molecule has 3 fully saturated rings. The van der Waals surface area contributed by atoms with E-state index in [2.05, 4.69) is 28.5 Å². The summed E-state index contributed by atoms with van der Waals surface area (Å²) in [4.78, 5) is 20.1. The minimum atomic E-state index is -4.58. The average molecular weight is 581 g/mol. The van der Waals surface area contributed by atoms with Crippen LogP contribution < -0.4 is 10.2 Å². The number of aryl methyl sites for hydroxylation is 1. The van der Waals surface area contributed by atoms with Gasteiger partial charge in [-0.15, -0.1) is 10.2 Å². The van der Waals surface area contributed by atoms with Crippen LogP contribution in [0.3, 0.4) is 0 Å². The van der Waals surface area contributed by atoms with E-state index in [1.807, 2.05) is 17.7 Å². The van der Waals surface area contributed by atoms with E-state index in [-0.39, 0.29) is 48.0 Å². The van der Waals surface area contributed by atoms with Crippen molar-refractivity contribution in [2.24, 2.45) is 18.9 Å². The van der Waals surface area contributed by atoms with Crippen LogP contribution in [0.5, 0.6) is 0 Å². The standard InChI is InChI=1S/C31H35F3N6O2/c1-17(19-4-3-5-19)35-12-18-8-23-24(25(9-18)31(32,33)34)13-40(30(23)41)27-11-21(10-26(37-27)20-6-7-20)28(22-14-42-15-22)29-38-36-16-39(29)2/h8-11,16-17,19-20,22,28,35H,3-7,12-15H2,1-2H3/t17-,28-/m0/s1. The second-order valence-electron chi connectivity index (χ2n) is 12.5. The topological polar surface area (TPSA) is 85.2 Å². The summed E-state index contributed by atoms with van der Waals surface area (Å²) >= 11 is 0. The number of aromatic nitrogens is 4. The monoisotopic (exact) mass is 580 g/mol. The van der Waals surface area contributed by atoms with Crippen LogP contribution in [0.25, 0.3) is 0 Å². The summed E-state index contributed by atoms with van der Waals surface area (Å²) in [6.07, 6.45) is 2.55. The van der Waals surface area contributed by atoms with Crippen LogP contribution in [0.2, 0.25) is 0 Å². The molecule has 3 aromatic rings. The molecule has 2 saturated carbocycles. The Kier molecular flexibility index (Phi) is 6.84. The van der Waals surface area contributed by atoms with Gasteiger partial charge in [-0.2, -0.15) is 13.2 Å². The maximum Gasteiger partial charge on any atom is 0.416 e. The molecule has 4 heterocycles. The highest BCUT2D eigenvalue weighted by Gasteiger charge is 2.42.